The van der Waals surface area contributed by atoms with Gasteiger partial charge in [-0.3, -0.25) is 0 Å². The SMILES string of the molecule is CCCOc1ccc(C(C)NCC(C)(O)CO)cc1. The summed E-state index contributed by atoms with van der Waals surface area (Å²) in [4.78, 5) is 0. The first-order chi connectivity index (χ1) is 8.98. The van der Waals surface area contributed by atoms with E-state index in [4.69, 9.17) is 9.84 Å². The monoisotopic (exact) mass is 267 g/mol. The molecule has 1 rings (SSSR count). The summed E-state index contributed by atoms with van der Waals surface area (Å²) in [5.41, 5.74) is 0.0379. The van der Waals surface area contributed by atoms with Crippen molar-refractivity contribution < 1.29 is 14.9 Å². The molecule has 0 aliphatic heterocycles. The number of nitrogens with one attached hydrogen (secondary N) is 1. The van der Waals surface area contributed by atoms with E-state index in [1.165, 1.54) is 0 Å². The van der Waals surface area contributed by atoms with Crippen LogP contribution in [-0.4, -0.2) is 35.6 Å². The molecule has 0 aliphatic carbocycles. The molecule has 4 nitrogen and oxygen atoms in total. The smallest absolute Gasteiger partial charge is 0.119 e. The van der Waals surface area contributed by atoms with Gasteiger partial charge in [-0.05, 0) is 38.0 Å². The minimum absolute atomic E-state index is 0.109. The molecule has 1 aromatic carbocycles. The molecule has 108 valence electrons. The summed E-state index contributed by atoms with van der Waals surface area (Å²) >= 11 is 0. The lowest BCUT2D eigenvalue weighted by molar-refractivity contribution is 0.00106. The minimum atomic E-state index is -1.08. The highest BCUT2D eigenvalue weighted by Crippen LogP contribution is 2.18. The first-order valence-corrected chi connectivity index (χ1v) is 6.78. The van der Waals surface area contributed by atoms with Crippen molar-refractivity contribution in [2.24, 2.45) is 0 Å². The highest BCUT2D eigenvalue weighted by atomic mass is 16.5. The number of hydrogen-bond acceptors (Lipinski definition) is 4. The fourth-order valence-corrected chi connectivity index (χ4v) is 1.62. The van der Waals surface area contributed by atoms with Gasteiger partial charge in [0, 0.05) is 12.6 Å². The predicted molar refractivity (Wildman–Crippen MR) is 76.4 cm³/mol. The maximum Gasteiger partial charge on any atom is 0.119 e. The molecule has 2 unspecified atom stereocenters. The first kappa shape index (κ1) is 16.0. The second-order valence-electron chi connectivity index (χ2n) is 5.18. The van der Waals surface area contributed by atoms with Crippen molar-refractivity contribution >= 4 is 0 Å². The van der Waals surface area contributed by atoms with Crippen LogP contribution in [0.3, 0.4) is 0 Å². The summed E-state index contributed by atoms with van der Waals surface area (Å²) in [5, 5.41) is 21.9. The van der Waals surface area contributed by atoms with Crippen LogP contribution in [0.4, 0.5) is 0 Å². The fraction of sp³-hybridized carbons (Fsp3) is 0.600. The van der Waals surface area contributed by atoms with Gasteiger partial charge in [0.05, 0.1) is 18.8 Å². The van der Waals surface area contributed by atoms with Gasteiger partial charge in [-0.2, -0.15) is 0 Å². The molecule has 0 fully saturated rings. The van der Waals surface area contributed by atoms with Crippen molar-refractivity contribution in [2.75, 3.05) is 19.8 Å². The zero-order valence-electron chi connectivity index (χ0n) is 12.0. The van der Waals surface area contributed by atoms with Crippen molar-refractivity contribution in [2.45, 2.75) is 38.8 Å². The third-order valence-electron chi connectivity index (χ3n) is 2.98. The van der Waals surface area contributed by atoms with Crippen LogP contribution in [0, 0.1) is 0 Å². The van der Waals surface area contributed by atoms with Gasteiger partial charge in [-0.25, -0.2) is 0 Å². The predicted octanol–water partition coefficient (Wildman–Crippen LogP) is 1.87. The minimum Gasteiger partial charge on any atom is -0.494 e. The third-order valence-corrected chi connectivity index (χ3v) is 2.98. The Morgan fingerprint density at radius 2 is 1.95 bits per heavy atom. The molecular weight excluding hydrogens is 242 g/mol. The average molecular weight is 267 g/mol. The molecule has 0 amide bonds. The number of benzene rings is 1. The van der Waals surface area contributed by atoms with Crippen molar-refractivity contribution in [3.8, 4) is 5.75 Å². The summed E-state index contributed by atoms with van der Waals surface area (Å²) < 4.78 is 5.53. The van der Waals surface area contributed by atoms with Gasteiger partial charge < -0.3 is 20.3 Å². The van der Waals surface area contributed by atoms with Crippen LogP contribution in [0.25, 0.3) is 0 Å². The topological polar surface area (TPSA) is 61.7 Å². The summed E-state index contributed by atoms with van der Waals surface area (Å²) in [5.74, 6) is 0.875. The molecule has 1 aromatic rings. The highest BCUT2D eigenvalue weighted by Gasteiger charge is 2.19. The zero-order chi connectivity index (χ0) is 14.3. The van der Waals surface area contributed by atoms with Gasteiger partial charge in [0.1, 0.15) is 5.75 Å². The zero-order valence-corrected chi connectivity index (χ0v) is 12.0. The Kier molecular flexibility index (Phi) is 6.28. The summed E-state index contributed by atoms with van der Waals surface area (Å²) in [6.07, 6.45) is 0.996. The number of aliphatic hydroxyl groups excluding tert-OH is 1. The number of rotatable bonds is 8. The van der Waals surface area contributed by atoms with Gasteiger partial charge in [0.15, 0.2) is 0 Å². The van der Waals surface area contributed by atoms with Gasteiger partial charge in [-0.1, -0.05) is 19.1 Å². The Labute approximate surface area is 115 Å². The van der Waals surface area contributed by atoms with E-state index in [0.717, 1.165) is 24.3 Å². The van der Waals surface area contributed by atoms with E-state index in [1.54, 1.807) is 6.92 Å². The fourth-order valence-electron chi connectivity index (χ4n) is 1.62. The van der Waals surface area contributed by atoms with Crippen molar-refractivity contribution in [3.63, 3.8) is 0 Å². The van der Waals surface area contributed by atoms with Crippen LogP contribution < -0.4 is 10.1 Å². The van der Waals surface area contributed by atoms with E-state index in [9.17, 15) is 5.11 Å². The molecule has 0 bridgehead atoms. The van der Waals surface area contributed by atoms with E-state index in [-0.39, 0.29) is 12.6 Å². The molecule has 0 saturated heterocycles. The third kappa shape index (κ3) is 5.59. The van der Waals surface area contributed by atoms with Crippen LogP contribution in [0.5, 0.6) is 5.75 Å². The van der Waals surface area contributed by atoms with Crippen LogP contribution in [0.2, 0.25) is 0 Å². The van der Waals surface area contributed by atoms with Gasteiger partial charge in [0.25, 0.3) is 0 Å². The standard InChI is InChI=1S/C15H25NO3/c1-4-9-19-14-7-5-13(6-8-14)12(2)16-10-15(3,18)11-17/h5-8,12,16-18H,4,9-11H2,1-3H3. The second kappa shape index (κ2) is 7.48. The lowest BCUT2D eigenvalue weighted by Crippen LogP contribution is -2.41. The normalized spacial score (nSPS) is 15.8. The molecule has 0 aliphatic rings. The molecule has 3 N–H and O–H groups in total. The molecule has 0 saturated carbocycles. The van der Waals surface area contributed by atoms with E-state index in [0.29, 0.717) is 6.54 Å². The Morgan fingerprint density at radius 3 is 2.47 bits per heavy atom. The maximum atomic E-state index is 9.73. The number of ether oxygens (including phenoxy) is 1. The highest BCUT2D eigenvalue weighted by molar-refractivity contribution is 5.28. The lowest BCUT2D eigenvalue weighted by atomic mass is 10.1. The van der Waals surface area contributed by atoms with Crippen LogP contribution >= 0.6 is 0 Å². The summed E-state index contributed by atoms with van der Waals surface area (Å²) in [7, 11) is 0. The molecule has 0 radical (unpaired) electrons. The van der Waals surface area contributed by atoms with E-state index < -0.39 is 5.60 Å². The van der Waals surface area contributed by atoms with E-state index in [2.05, 4.69) is 12.2 Å². The summed E-state index contributed by atoms with van der Waals surface area (Å²) in [6.45, 7) is 6.53. The summed E-state index contributed by atoms with van der Waals surface area (Å²) in [6, 6.07) is 8.03. The average Bonchev–Trinajstić information content (AvgIpc) is 2.43. The maximum absolute atomic E-state index is 9.73. The van der Waals surface area contributed by atoms with Crippen molar-refractivity contribution in [3.05, 3.63) is 29.8 Å². The Bertz CT molecular complexity index is 362. The second-order valence-corrected chi connectivity index (χ2v) is 5.18. The Morgan fingerprint density at radius 1 is 1.32 bits per heavy atom. The lowest BCUT2D eigenvalue weighted by Gasteiger charge is -2.24. The Hall–Kier alpha value is -1.10. The molecule has 0 heterocycles. The molecule has 4 heteroatoms. The van der Waals surface area contributed by atoms with Crippen molar-refractivity contribution in [1.82, 2.24) is 5.32 Å². The molecule has 0 aromatic heterocycles. The van der Waals surface area contributed by atoms with Crippen LogP contribution in [0.1, 0.15) is 38.8 Å². The quantitative estimate of drug-likeness (QED) is 0.673. The van der Waals surface area contributed by atoms with Crippen LogP contribution in [0.15, 0.2) is 24.3 Å². The van der Waals surface area contributed by atoms with Crippen LogP contribution in [-0.2, 0) is 0 Å². The number of aliphatic hydroxyl groups is 2. The van der Waals surface area contributed by atoms with Gasteiger partial charge in [0.2, 0.25) is 0 Å². The molecule has 19 heavy (non-hydrogen) atoms. The van der Waals surface area contributed by atoms with Gasteiger partial charge >= 0.3 is 0 Å². The van der Waals surface area contributed by atoms with Crippen molar-refractivity contribution in [1.29, 1.82) is 0 Å². The molecular formula is C15H25NO3. The first-order valence-electron chi connectivity index (χ1n) is 6.78. The number of hydrogen-bond donors (Lipinski definition) is 3. The van der Waals surface area contributed by atoms with Gasteiger partial charge in [-0.15, -0.1) is 0 Å². The molecule has 0 spiro atoms. The largest absolute Gasteiger partial charge is 0.494 e. The molecule has 2 atom stereocenters. The Balaban J connectivity index is 2.50. The van der Waals surface area contributed by atoms with E-state index in [1.807, 2.05) is 31.2 Å². The van der Waals surface area contributed by atoms with E-state index >= 15 is 0 Å².